The number of nitrogens with one attached hydrogen (secondary N) is 1. The summed E-state index contributed by atoms with van der Waals surface area (Å²) < 4.78 is 6.14. The number of aryl methyl sites for hydroxylation is 1. The van der Waals surface area contributed by atoms with Gasteiger partial charge in [0.1, 0.15) is 5.75 Å². The number of rotatable bonds is 6. The monoisotopic (exact) mass is 354 g/mol. The van der Waals surface area contributed by atoms with Gasteiger partial charge in [0.2, 0.25) is 5.91 Å². The maximum atomic E-state index is 11.6. The Kier molecular flexibility index (Phi) is 5.03. The highest BCUT2D eigenvalue weighted by atomic mass is 16.5. The number of ether oxygens (including phenoxy) is 1. The molecule has 4 nitrogen and oxygen atoms in total. The third-order valence-electron chi connectivity index (χ3n) is 6.46. The van der Waals surface area contributed by atoms with E-state index >= 15 is 0 Å². The van der Waals surface area contributed by atoms with E-state index in [1.165, 1.54) is 30.4 Å². The van der Waals surface area contributed by atoms with Crippen LogP contribution in [0.5, 0.6) is 5.75 Å². The molecule has 4 heteroatoms. The summed E-state index contributed by atoms with van der Waals surface area (Å²) in [5.74, 6) is 3.49. The third kappa shape index (κ3) is 3.66. The number of fused-ring (bicyclic) bond motifs is 2. The van der Waals surface area contributed by atoms with Crippen LogP contribution >= 0.6 is 0 Å². The van der Waals surface area contributed by atoms with E-state index in [9.17, 15) is 4.79 Å². The van der Waals surface area contributed by atoms with E-state index in [1.807, 2.05) is 0 Å². The topological polar surface area (TPSA) is 41.6 Å². The zero-order valence-corrected chi connectivity index (χ0v) is 15.9. The predicted molar refractivity (Wildman–Crippen MR) is 103 cm³/mol. The van der Waals surface area contributed by atoms with Crippen LogP contribution in [0, 0.1) is 30.6 Å². The second kappa shape index (κ2) is 7.43. The maximum absolute atomic E-state index is 11.6. The Labute approximate surface area is 156 Å². The summed E-state index contributed by atoms with van der Waals surface area (Å²) in [4.78, 5) is 13.9. The number of benzene rings is 1. The first kappa shape index (κ1) is 17.6. The number of likely N-dealkylation sites (tertiary alicyclic amines) is 1. The summed E-state index contributed by atoms with van der Waals surface area (Å²) in [6.07, 6.45) is 8.82. The average molecular weight is 354 g/mol. The molecule has 1 aromatic rings. The van der Waals surface area contributed by atoms with E-state index in [4.69, 9.17) is 4.74 Å². The fourth-order valence-electron chi connectivity index (χ4n) is 4.69. The Hall–Kier alpha value is -1.81. The van der Waals surface area contributed by atoms with E-state index in [-0.39, 0.29) is 11.8 Å². The summed E-state index contributed by atoms with van der Waals surface area (Å²) in [5.41, 5.74) is 2.60. The first-order chi connectivity index (χ1) is 12.6. The highest BCUT2D eigenvalue weighted by Crippen LogP contribution is 2.40. The normalized spacial score (nSPS) is 28.0. The molecule has 1 N–H and O–H groups in total. The molecule has 4 aliphatic rings. The van der Waals surface area contributed by atoms with Crippen LogP contribution in [0.3, 0.4) is 0 Å². The van der Waals surface area contributed by atoms with Gasteiger partial charge in [-0.15, -0.1) is 0 Å². The molecule has 3 aliphatic carbocycles. The van der Waals surface area contributed by atoms with Gasteiger partial charge in [-0.05, 0) is 67.2 Å². The van der Waals surface area contributed by atoms with Crippen LogP contribution in [-0.2, 0) is 11.3 Å². The van der Waals surface area contributed by atoms with Crippen LogP contribution < -0.4 is 10.1 Å². The molecule has 1 aliphatic heterocycles. The van der Waals surface area contributed by atoms with Crippen molar-refractivity contribution in [2.45, 2.75) is 32.7 Å². The molecule has 0 spiro atoms. The predicted octanol–water partition coefficient (Wildman–Crippen LogP) is 3.15. The first-order valence-corrected chi connectivity index (χ1v) is 9.97. The molecule has 1 saturated carbocycles. The smallest absolute Gasteiger partial charge is 0.225 e. The number of hydrogen-bond donors (Lipinski definition) is 1. The largest absolute Gasteiger partial charge is 0.493 e. The molecule has 1 heterocycles. The SMILES string of the molecule is CNC(=O)C1CN(Cc2ccc(OCC3CC4C=CC3CC4)cc2C)C1. The van der Waals surface area contributed by atoms with Gasteiger partial charge in [-0.1, -0.05) is 18.2 Å². The average Bonchev–Trinajstić information content (AvgIpc) is 2.64. The molecule has 1 aromatic carbocycles. The molecule has 3 unspecified atom stereocenters. The minimum Gasteiger partial charge on any atom is -0.493 e. The van der Waals surface area contributed by atoms with Gasteiger partial charge in [0.15, 0.2) is 0 Å². The fourth-order valence-corrected chi connectivity index (χ4v) is 4.69. The first-order valence-electron chi connectivity index (χ1n) is 9.97. The molecule has 0 radical (unpaired) electrons. The molecular formula is C22H30N2O2. The minimum absolute atomic E-state index is 0.155. The molecule has 1 saturated heterocycles. The van der Waals surface area contributed by atoms with Gasteiger partial charge in [-0.2, -0.15) is 0 Å². The van der Waals surface area contributed by atoms with Crippen LogP contribution in [-0.4, -0.2) is 37.6 Å². The van der Waals surface area contributed by atoms with Crippen LogP contribution in [0.4, 0.5) is 0 Å². The molecule has 5 rings (SSSR count). The second-order valence-electron chi connectivity index (χ2n) is 8.29. The number of amides is 1. The van der Waals surface area contributed by atoms with Crippen molar-refractivity contribution in [2.24, 2.45) is 23.7 Å². The van der Waals surface area contributed by atoms with Crippen molar-refractivity contribution in [3.8, 4) is 5.75 Å². The zero-order valence-electron chi connectivity index (χ0n) is 15.9. The van der Waals surface area contributed by atoms with Crippen molar-refractivity contribution in [3.63, 3.8) is 0 Å². The van der Waals surface area contributed by atoms with Gasteiger partial charge in [0, 0.05) is 26.7 Å². The zero-order chi connectivity index (χ0) is 18.1. The maximum Gasteiger partial charge on any atom is 0.225 e. The van der Waals surface area contributed by atoms with Crippen molar-refractivity contribution >= 4 is 5.91 Å². The minimum atomic E-state index is 0.155. The van der Waals surface area contributed by atoms with E-state index < -0.39 is 0 Å². The highest BCUT2D eigenvalue weighted by molar-refractivity contribution is 5.79. The summed E-state index contributed by atoms with van der Waals surface area (Å²) in [5, 5.41) is 2.73. The summed E-state index contributed by atoms with van der Waals surface area (Å²) in [6.45, 7) is 5.62. The van der Waals surface area contributed by atoms with Crippen molar-refractivity contribution < 1.29 is 9.53 Å². The van der Waals surface area contributed by atoms with Crippen LogP contribution in [0.1, 0.15) is 30.4 Å². The molecule has 3 atom stereocenters. The van der Waals surface area contributed by atoms with Gasteiger partial charge in [-0.25, -0.2) is 0 Å². The van der Waals surface area contributed by atoms with Crippen molar-refractivity contribution in [2.75, 3.05) is 26.7 Å². The van der Waals surface area contributed by atoms with Gasteiger partial charge in [0.05, 0.1) is 12.5 Å². The summed E-state index contributed by atoms with van der Waals surface area (Å²) >= 11 is 0. The number of carbonyl (C=O) groups excluding carboxylic acids is 1. The third-order valence-corrected chi connectivity index (χ3v) is 6.46. The standard InChI is InChI=1S/C22H30N2O2/c1-15-9-21(26-14-19-10-16-3-5-17(19)6-4-16)8-7-18(15)11-24-12-20(13-24)22(25)23-2/h3,5,7-9,16-17,19-20H,4,6,10-14H2,1-2H3,(H,23,25). The molecular weight excluding hydrogens is 324 g/mol. The number of allylic oxidation sites excluding steroid dienone is 2. The number of hydrogen-bond acceptors (Lipinski definition) is 3. The van der Waals surface area contributed by atoms with E-state index in [0.29, 0.717) is 5.92 Å². The van der Waals surface area contributed by atoms with Crippen molar-refractivity contribution in [1.29, 1.82) is 0 Å². The number of carbonyl (C=O) groups is 1. The quantitative estimate of drug-likeness (QED) is 0.798. The van der Waals surface area contributed by atoms with Gasteiger partial charge >= 0.3 is 0 Å². The molecule has 140 valence electrons. The van der Waals surface area contributed by atoms with Crippen LogP contribution in [0.2, 0.25) is 0 Å². The Morgan fingerprint density at radius 1 is 1.27 bits per heavy atom. The van der Waals surface area contributed by atoms with Gasteiger partial charge in [-0.3, -0.25) is 9.69 Å². The molecule has 2 fully saturated rings. The van der Waals surface area contributed by atoms with Crippen molar-refractivity contribution in [1.82, 2.24) is 10.2 Å². The van der Waals surface area contributed by atoms with Crippen molar-refractivity contribution in [3.05, 3.63) is 41.5 Å². The Balaban J connectivity index is 1.28. The Bertz CT molecular complexity index is 693. The lowest BCUT2D eigenvalue weighted by Gasteiger charge is -2.38. The molecule has 26 heavy (non-hydrogen) atoms. The van der Waals surface area contributed by atoms with Gasteiger partial charge < -0.3 is 10.1 Å². The highest BCUT2D eigenvalue weighted by Gasteiger charge is 2.33. The van der Waals surface area contributed by atoms with Gasteiger partial charge in [0.25, 0.3) is 0 Å². The summed E-state index contributed by atoms with van der Waals surface area (Å²) in [7, 11) is 1.71. The van der Waals surface area contributed by atoms with Crippen LogP contribution in [0.15, 0.2) is 30.4 Å². The van der Waals surface area contributed by atoms with E-state index in [2.05, 4.69) is 47.5 Å². The van der Waals surface area contributed by atoms with E-state index in [1.54, 1.807) is 7.05 Å². The second-order valence-corrected chi connectivity index (χ2v) is 8.29. The lowest BCUT2D eigenvalue weighted by Crippen LogP contribution is -2.52. The fraction of sp³-hybridized carbons (Fsp3) is 0.591. The Morgan fingerprint density at radius 3 is 2.73 bits per heavy atom. The molecule has 2 bridgehead atoms. The van der Waals surface area contributed by atoms with E-state index in [0.717, 1.165) is 43.8 Å². The molecule has 1 amide bonds. The number of nitrogens with zero attached hydrogens (tertiary/aromatic N) is 1. The lowest BCUT2D eigenvalue weighted by molar-refractivity contribution is -0.129. The summed E-state index contributed by atoms with van der Waals surface area (Å²) in [6, 6.07) is 6.46. The lowest BCUT2D eigenvalue weighted by atomic mass is 9.69. The molecule has 0 aromatic heterocycles. The van der Waals surface area contributed by atoms with Crippen LogP contribution in [0.25, 0.3) is 0 Å². The Morgan fingerprint density at radius 2 is 2.12 bits per heavy atom.